The van der Waals surface area contributed by atoms with E-state index in [9.17, 15) is 4.39 Å². The number of halogens is 1. The maximum absolute atomic E-state index is 13.3. The predicted molar refractivity (Wildman–Crippen MR) is 42.6 cm³/mol. The molecule has 0 heterocycles. The van der Waals surface area contributed by atoms with Crippen molar-refractivity contribution in [3.63, 3.8) is 0 Å². The van der Waals surface area contributed by atoms with Gasteiger partial charge < -0.3 is 5.73 Å². The van der Waals surface area contributed by atoms with Gasteiger partial charge >= 0.3 is 0 Å². The number of hydrogen-bond donors (Lipinski definition) is 1. The van der Waals surface area contributed by atoms with Crippen molar-refractivity contribution in [3.05, 3.63) is 0 Å². The van der Waals surface area contributed by atoms with Gasteiger partial charge in [0.1, 0.15) is 6.17 Å². The summed E-state index contributed by atoms with van der Waals surface area (Å²) in [7, 11) is 0. The van der Waals surface area contributed by atoms with E-state index in [4.69, 9.17) is 5.73 Å². The maximum Gasteiger partial charge on any atom is 0.122 e. The zero-order valence-corrected chi connectivity index (χ0v) is 7.53. The van der Waals surface area contributed by atoms with Crippen LogP contribution >= 0.6 is 0 Å². The summed E-state index contributed by atoms with van der Waals surface area (Å²) in [6.45, 7) is 8.98. The molecule has 2 N–H and O–H groups in total. The fourth-order valence-electron chi connectivity index (χ4n) is 1.12. The van der Waals surface area contributed by atoms with Gasteiger partial charge in [0, 0.05) is 5.54 Å². The molecule has 10 heavy (non-hydrogen) atoms. The summed E-state index contributed by atoms with van der Waals surface area (Å²) < 4.78 is 13.3. The molecule has 0 bridgehead atoms. The predicted octanol–water partition coefficient (Wildman–Crippen LogP) is 2.11. The monoisotopic (exact) mass is 147 g/mol. The van der Waals surface area contributed by atoms with Gasteiger partial charge in [0.15, 0.2) is 0 Å². The van der Waals surface area contributed by atoms with Gasteiger partial charge in [-0.1, -0.05) is 20.8 Å². The minimum atomic E-state index is -0.958. The van der Waals surface area contributed by atoms with Crippen LogP contribution in [0.25, 0.3) is 0 Å². The average molecular weight is 147 g/mol. The molecule has 0 radical (unpaired) electrons. The molecular formula is C8H18FN. The van der Waals surface area contributed by atoms with Crippen LogP contribution in [0.2, 0.25) is 0 Å². The van der Waals surface area contributed by atoms with Crippen molar-refractivity contribution in [2.75, 3.05) is 0 Å². The van der Waals surface area contributed by atoms with Crippen LogP contribution in [0, 0.1) is 5.41 Å². The molecule has 0 saturated heterocycles. The summed E-state index contributed by atoms with van der Waals surface area (Å²) in [6, 6.07) is 0. The second-order valence-electron chi connectivity index (χ2n) is 4.55. The van der Waals surface area contributed by atoms with Crippen LogP contribution in [0.3, 0.4) is 0 Å². The van der Waals surface area contributed by atoms with E-state index >= 15 is 0 Å². The first-order chi connectivity index (χ1) is 4.15. The highest BCUT2D eigenvalue weighted by Crippen LogP contribution is 2.28. The summed E-state index contributed by atoms with van der Waals surface area (Å²) in [5.74, 6) is 0. The Balaban J connectivity index is 4.23. The van der Waals surface area contributed by atoms with Crippen molar-refractivity contribution >= 4 is 0 Å². The molecule has 0 aliphatic heterocycles. The lowest BCUT2D eigenvalue weighted by Gasteiger charge is -2.33. The molecule has 1 unspecified atom stereocenters. The molecule has 2 heteroatoms. The standard InChI is InChI=1S/C8H18FN/c1-7(2,3)6(9)8(4,5)10/h6H,10H2,1-5H3. The number of rotatable bonds is 1. The van der Waals surface area contributed by atoms with Crippen molar-refractivity contribution in [1.29, 1.82) is 0 Å². The third kappa shape index (κ3) is 2.65. The first-order valence-electron chi connectivity index (χ1n) is 3.58. The van der Waals surface area contributed by atoms with E-state index in [0.29, 0.717) is 0 Å². The summed E-state index contributed by atoms with van der Waals surface area (Å²) in [5, 5.41) is 0. The summed E-state index contributed by atoms with van der Waals surface area (Å²) >= 11 is 0. The highest BCUT2D eigenvalue weighted by Gasteiger charge is 2.35. The summed E-state index contributed by atoms with van der Waals surface area (Å²) in [6.07, 6.45) is -0.958. The summed E-state index contributed by atoms with van der Waals surface area (Å²) in [4.78, 5) is 0. The summed E-state index contributed by atoms with van der Waals surface area (Å²) in [5.41, 5.74) is 4.52. The molecule has 0 aliphatic rings. The lowest BCUT2D eigenvalue weighted by Crippen LogP contribution is -2.48. The Hall–Kier alpha value is -0.110. The van der Waals surface area contributed by atoms with E-state index in [1.54, 1.807) is 13.8 Å². The number of alkyl halides is 1. The Kier molecular flexibility index (Phi) is 2.47. The molecule has 0 amide bonds. The Bertz CT molecular complexity index is 93.4. The molecule has 1 nitrogen and oxygen atoms in total. The Morgan fingerprint density at radius 3 is 1.40 bits per heavy atom. The molecule has 0 spiro atoms. The van der Waals surface area contributed by atoms with Crippen molar-refractivity contribution in [1.82, 2.24) is 0 Å². The van der Waals surface area contributed by atoms with Crippen LogP contribution in [0.1, 0.15) is 34.6 Å². The second kappa shape index (κ2) is 2.50. The van der Waals surface area contributed by atoms with E-state index in [2.05, 4.69) is 0 Å². The maximum atomic E-state index is 13.3. The first kappa shape index (κ1) is 9.89. The van der Waals surface area contributed by atoms with E-state index in [1.807, 2.05) is 20.8 Å². The largest absolute Gasteiger partial charge is 0.323 e. The van der Waals surface area contributed by atoms with Gasteiger partial charge in [-0.2, -0.15) is 0 Å². The molecule has 0 aromatic carbocycles. The van der Waals surface area contributed by atoms with Crippen molar-refractivity contribution in [2.45, 2.75) is 46.3 Å². The SMILES string of the molecule is CC(C)(C)C(F)C(C)(C)N. The van der Waals surface area contributed by atoms with E-state index in [1.165, 1.54) is 0 Å². The molecule has 0 aromatic heterocycles. The van der Waals surface area contributed by atoms with Gasteiger partial charge in [0.05, 0.1) is 0 Å². The van der Waals surface area contributed by atoms with Crippen molar-refractivity contribution in [3.8, 4) is 0 Å². The number of nitrogens with two attached hydrogens (primary N) is 1. The zero-order valence-electron chi connectivity index (χ0n) is 7.53. The highest BCUT2D eigenvalue weighted by molar-refractivity contribution is 4.90. The van der Waals surface area contributed by atoms with Crippen molar-refractivity contribution < 1.29 is 4.39 Å². The highest BCUT2D eigenvalue weighted by atomic mass is 19.1. The van der Waals surface area contributed by atoms with Gasteiger partial charge in [-0.15, -0.1) is 0 Å². The van der Waals surface area contributed by atoms with Crippen LogP contribution in [-0.2, 0) is 0 Å². The lowest BCUT2D eigenvalue weighted by molar-refractivity contribution is 0.0935. The van der Waals surface area contributed by atoms with Crippen LogP contribution in [0.4, 0.5) is 4.39 Å². The molecule has 0 saturated carbocycles. The van der Waals surface area contributed by atoms with Crippen LogP contribution in [-0.4, -0.2) is 11.7 Å². The zero-order chi connectivity index (χ0) is 8.58. The third-order valence-electron chi connectivity index (χ3n) is 1.41. The lowest BCUT2D eigenvalue weighted by atomic mass is 9.80. The topological polar surface area (TPSA) is 26.0 Å². The molecule has 0 fully saturated rings. The van der Waals surface area contributed by atoms with Crippen molar-refractivity contribution in [2.24, 2.45) is 11.1 Å². The molecule has 0 aromatic rings. The van der Waals surface area contributed by atoms with Crippen LogP contribution < -0.4 is 5.73 Å². The molecular weight excluding hydrogens is 129 g/mol. The quantitative estimate of drug-likeness (QED) is 0.604. The second-order valence-corrected chi connectivity index (χ2v) is 4.55. The van der Waals surface area contributed by atoms with Gasteiger partial charge in [-0.25, -0.2) is 4.39 Å². The van der Waals surface area contributed by atoms with Gasteiger partial charge in [-0.05, 0) is 19.3 Å². The smallest absolute Gasteiger partial charge is 0.122 e. The Morgan fingerprint density at radius 2 is 1.40 bits per heavy atom. The molecule has 1 atom stereocenters. The average Bonchev–Trinajstić information content (AvgIpc) is 1.59. The van der Waals surface area contributed by atoms with E-state index < -0.39 is 11.7 Å². The van der Waals surface area contributed by atoms with Crippen LogP contribution in [0.15, 0.2) is 0 Å². The Labute approximate surface area is 62.8 Å². The van der Waals surface area contributed by atoms with E-state index in [0.717, 1.165) is 0 Å². The molecule has 62 valence electrons. The van der Waals surface area contributed by atoms with E-state index in [-0.39, 0.29) is 5.41 Å². The van der Waals surface area contributed by atoms with Crippen LogP contribution in [0.5, 0.6) is 0 Å². The fraction of sp³-hybridized carbons (Fsp3) is 1.00. The molecule has 0 rings (SSSR count). The molecule has 0 aliphatic carbocycles. The van der Waals surface area contributed by atoms with Gasteiger partial charge in [0.2, 0.25) is 0 Å². The first-order valence-corrected chi connectivity index (χ1v) is 3.58. The minimum absolute atomic E-state index is 0.349. The third-order valence-corrected chi connectivity index (χ3v) is 1.41. The Morgan fingerprint density at radius 1 is 1.10 bits per heavy atom. The van der Waals surface area contributed by atoms with Gasteiger partial charge in [-0.3, -0.25) is 0 Å². The van der Waals surface area contributed by atoms with Gasteiger partial charge in [0.25, 0.3) is 0 Å². The minimum Gasteiger partial charge on any atom is -0.323 e. The number of hydrogen-bond acceptors (Lipinski definition) is 1. The normalized spacial score (nSPS) is 17.1. The fourth-order valence-corrected chi connectivity index (χ4v) is 1.12.